The highest BCUT2D eigenvalue weighted by molar-refractivity contribution is 7.80. The smallest absolute Gasteiger partial charge is 0.257 e. The van der Waals surface area contributed by atoms with E-state index in [2.05, 4.69) is 16.0 Å². The average molecular weight is 355 g/mol. The highest BCUT2D eigenvalue weighted by atomic mass is 32.1. The first-order valence-corrected chi connectivity index (χ1v) is 8.47. The van der Waals surface area contributed by atoms with Crippen molar-refractivity contribution >= 4 is 40.5 Å². The second-order valence-corrected chi connectivity index (χ2v) is 6.06. The van der Waals surface area contributed by atoms with Crippen LogP contribution in [0.2, 0.25) is 0 Å². The highest BCUT2D eigenvalue weighted by Gasteiger charge is 2.08. The molecule has 0 bridgehead atoms. The minimum atomic E-state index is -0.270. The van der Waals surface area contributed by atoms with Crippen molar-refractivity contribution < 1.29 is 9.59 Å². The molecule has 0 saturated heterocycles. The van der Waals surface area contributed by atoms with E-state index in [1.807, 2.05) is 26.0 Å². The van der Waals surface area contributed by atoms with Crippen molar-refractivity contribution in [1.82, 2.24) is 5.32 Å². The predicted octanol–water partition coefficient (Wildman–Crippen LogP) is 3.86. The predicted molar refractivity (Wildman–Crippen MR) is 105 cm³/mol. The molecule has 0 aliphatic carbocycles. The molecule has 6 heteroatoms. The van der Waals surface area contributed by atoms with Gasteiger partial charge in [-0.25, -0.2) is 0 Å². The molecule has 0 aliphatic rings. The summed E-state index contributed by atoms with van der Waals surface area (Å²) in [7, 11) is 0. The van der Waals surface area contributed by atoms with Gasteiger partial charge in [-0.05, 0) is 55.9 Å². The van der Waals surface area contributed by atoms with Crippen LogP contribution >= 0.6 is 12.2 Å². The van der Waals surface area contributed by atoms with Crippen LogP contribution in [0.5, 0.6) is 0 Å². The Bertz CT molecular complexity index is 790. The highest BCUT2D eigenvalue weighted by Crippen LogP contribution is 2.15. The van der Waals surface area contributed by atoms with Crippen molar-refractivity contribution in [3.63, 3.8) is 0 Å². The summed E-state index contributed by atoms with van der Waals surface area (Å²) >= 11 is 5.19. The van der Waals surface area contributed by atoms with Gasteiger partial charge in [-0.3, -0.25) is 14.9 Å². The van der Waals surface area contributed by atoms with Crippen LogP contribution < -0.4 is 16.0 Å². The molecule has 0 spiro atoms. The summed E-state index contributed by atoms with van der Waals surface area (Å²) < 4.78 is 0. The zero-order chi connectivity index (χ0) is 18.2. The van der Waals surface area contributed by atoms with Crippen LogP contribution in [0.15, 0.2) is 48.5 Å². The van der Waals surface area contributed by atoms with Gasteiger partial charge >= 0.3 is 0 Å². The second-order valence-electron chi connectivity index (χ2n) is 5.66. The van der Waals surface area contributed by atoms with Gasteiger partial charge in [0.2, 0.25) is 5.91 Å². The fourth-order valence-corrected chi connectivity index (χ4v) is 2.46. The standard InChI is InChI=1S/C19H21N3O2S/c1-3-6-17(23)20-15-9-5-10-16(12-15)21-19(25)22-18(24)14-8-4-7-13(2)11-14/h4-5,7-12H,3,6H2,1-2H3,(H,20,23)(H2,21,22,24,25). The summed E-state index contributed by atoms with van der Waals surface area (Å²) in [6, 6.07) is 14.4. The van der Waals surface area contributed by atoms with Crippen molar-refractivity contribution in [2.45, 2.75) is 26.7 Å². The lowest BCUT2D eigenvalue weighted by Gasteiger charge is -2.11. The monoisotopic (exact) mass is 355 g/mol. The molecule has 2 aromatic rings. The fourth-order valence-electron chi connectivity index (χ4n) is 2.25. The number of thiocarbonyl (C=S) groups is 1. The lowest BCUT2D eigenvalue weighted by molar-refractivity contribution is -0.116. The van der Waals surface area contributed by atoms with Gasteiger partial charge < -0.3 is 10.6 Å². The van der Waals surface area contributed by atoms with Crippen LogP contribution in [0.3, 0.4) is 0 Å². The Labute approximate surface area is 152 Å². The van der Waals surface area contributed by atoms with Crippen LogP contribution in [-0.4, -0.2) is 16.9 Å². The van der Waals surface area contributed by atoms with Crippen molar-refractivity contribution in [2.24, 2.45) is 0 Å². The zero-order valence-electron chi connectivity index (χ0n) is 14.3. The third kappa shape index (κ3) is 6.00. The summed E-state index contributed by atoms with van der Waals surface area (Å²) in [5, 5.41) is 8.62. The number of benzene rings is 2. The number of rotatable bonds is 5. The molecule has 0 atom stereocenters. The first-order chi connectivity index (χ1) is 12.0. The Morgan fingerprint density at radius 3 is 2.36 bits per heavy atom. The number of carbonyl (C=O) groups excluding carboxylic acids is 2. The molecule has 3 N–H and O–H groups in total. The Kier molecular flexibility index (Phi) is 6.65. The van der Waals surface area contributed by atoms with E-state index in [4.69, 9.17) is 12.2 Å². The molecule has 25 heavy (non-hydrogen) atoms. The molecule has 2 aromatic carbocycles. The van der Waals surface area contributed by atoms with E-state index in [1.54, 1.807) is 36.4 Å². The first-order valence-electron chi connectivity index (χ1n) is 8.07. The Balaban J connectivity index is 1.96. The maximum absolute atomic E-state index is 12.2. The van der Waals surface area contributed by atoms with Crippen molar-refractivity contribution in [3.8, 4) is 0 Å². The number of hydrogen-bond donors (Lipinski definition) is 3. The van der Waals surface area contributed by atoms with E-state index in [9.17, 15) is 9.59 Å². The molecular weight excluding hydrogens is 334 g/mol. The van der Waals surface area contributed by atoms with Crippen LogP contribution in [-0.2, 0) is 4.79 Å². The van der Waals surface area contributed by atoms with Crippen LogP contribution in [0, 0.1) is 6.92 Å². The fraction of sp³-hybridized carbons (Fsp3) is 0.211. The molecule has 130 valence electrons. The maximum atomic E-state index is 12.2. The number of carbonyl (C=O) groups is 2. The van der Waals surface area contributed by atoms with E-state index in [0.29, 0.717) is 23.4 Å². The molecule has 0 radical (unpaired) electrons. The van der Waals surface area contributed by atoms with Crippen LogP contribution in [0.25, 0.3) is 0 Å². The van der Waals surface area contributed by atoms with Gasteiger partial charge in [-0.15, -0.1) is 0 Å². The van der Waals surface area contributed by atoms with E-state index in [0.717, 1.165) is 12.0 Å². The Hall–Kier alpha value is -2.73. The molecule has 0 aromatic heterocycles. The first kappa shape index (κ1) is 18.6. The normalized spacial score (nSPS) is 10.0. The summed E-state index contributed by atoms with van der Waals surface area (Å²) in [5.74, 6) is -0.302. The minimum Gasteiger partial charge on any atom is -0.332 e. The van der Waals surface area contributed by atoms with Crippen molar-refractivity contribution in [3.05, 3.63) is 59.7 Å². The van der Waals surface area contributed by atoms with Gasteiger partial charge in [-0.1, -0.05) is 30.7 Å². The third-order valence-corrected chi connectivity index (χ3v) is 3.59. The lowest BCUT2D eigenvalue weighted by Crippen LogP contribution is -2.34. The molecule has 2 amide bonds. The van der Waals surface area contributed by atoms with Crippen molar-refractivity contribution in [2.75, 3.05) is 10.6 Å². The summed E-state index contributed by atoms with van der Waals surface area (Å²) in [6.45, 7) is 3.87. The number of nitrogens with one attached hydrogen (secondary N) is 3. The van der Waals surface area contributed by atoms with Gasteiger partial charge in [0, 0.05) is 23.4 Å². The second kappa shape index (κ2) is 8.94. The number of aryl methyl sites for hydroxylation is 1. The quantitative estimate of drug-likeness (QED) is 0.712. The molecule has 2 rings (SSSR count). The van der Waals surface area contributed by atoms with Gasteiger partial charge in [0.15, 0.2) is 5.11 Å². The van der Waals surface area contributed by atoms with Gasteiger partial charge in [0.1, 0.15) is 0 Å². The van der Waals surface area contributed by atoms with E-state index >= 15 is 0 Å². The minimum absolute atomic E-state index is 0.0324. The summed E-state index contributed by atoms with van der Waals surface area (Å²) in [5.41, 5.74) is 2.91. The van der Waals surface area contributed by atoms with Gasteiger partial charge in [0.05, 0.1) is 0 Å². The Morgan fingerprint density at radius 2 is 1.68 bits per heavy atom. The van der Waals surface area contributed by atoms with Gasteiger partial charge in [0.25, 0.3) is 5.91 Å². The average Bonchev–Trinajstić information content (AvgIpc) is 2.55. The van der Waals surface area contributed by atoms with Crippen LogP contribution in [0.1, 0.15) is 35.7 Å². The Morgan fingerprint density at radius 1 is 1.00 bits per heavy atom. The van der Waals surface area contributed by atoms with E-state index in [-0.39, 0.29) is 16.9 Å². The molecule has 0 heterocycles. The number of hydrogen-bond acceptors (Lipinski definition) is 3. The third-order valence-electron chi connectivity index (χ3n) is 3.39. The molecular formula is C19H21N3O2S. The molecule has 5 nitrogen and oxygen atoms in total. The molecule has 0 unspecified atom stereocenters. The van der Waals surface area contributed by atoms with Gasteiger partial charge in [-0.2, -0.15) is 0 Å². The van der Waals surface area contributed by atoms with Crippen LogP contribution in [0.4, 0.5) is 11.4 Å². The SMILES string of the molecule is CCCC(=O)Nc1cccc(NC(=S)NC(=O)c2cccc(C)c2)c1. The maximum Gasteiger partial charge on any atom is 0.257 e. The zero-order valence-corrected chi connectivity index (χ0v) is 15.1. The molecule has 0 fully saturated rings. The van der Waals surface area contributed by atoms with E-state index < -0.39 is 0 Å². The topological polar surface area (TPSA) is 70.2 Å². The number of amides is 2. The number of anilines is 2. The summed E-state index contributed by atoms with van der Waals surface area (Å²) in [4.78, 5) is 23.8. The summed E-state index contributed by atoms with van der Waals surface area (Å²) in [6.07, 6.45) is 1.27. The van der Waals surface area contributed by atoms with Crippen molar-refractivity contribution in [1.29, 1.82) is 0 Å². The van der Waals surface area contributed by atoms with E-state index in [1.165, 1.54) is 0 Å². The molecule has 0 aliphatic heterocycles. The molecule has 0 saturated carbocycles. The largest absolute Gasteiger partial charge is 0.332 e. The lowest BCUT2D eigenvalue weighted by atomic mass is 10.1.